The van der Waals surface area contributed by atoms with E-state index in [2.05, 4.69) is 4.84 Å². The van der Waals surface area contributed by atoms with Crippen LogP contribution in [0.5, 0.6) is 0 Å². The summed E-state index contributed by atoms with van der Waals surface area (Å²) >= 11 is 0. The number of aromatic carboxylic acids is 1. The Labute approximate surface area is 99.2 Å². The smallest absolute Gasteiger partial charge is 0.352 e. The molecule has 96 valence electrons. The van der Waals surface area contributed by atoms with E-state index in [4.69, 9.17) is 5.11 Å². The molecule has 1 heterocycles. The van der Waals surface area contributed by atoms with Crippen LogP contribution in [-0.2, 0) is 21.4 Å². The molecule has 0 amide bonds. The molecule has 0 spiro atoms. The van der Waals surface area contributed by atoms with Crippen LogP contribution in [0.2, 0.25) is 0 Å². The Morgan fingerprint density at radius 3 is 2.53 bits per heavy atom. The first-order chi connectivity index (χ1) is 7.84. The van der Waals surface area contributed by atoms with Gasteiger partial charge in [-0.15, -0.1) is 0 Å². The van der Waals surface area contributed by atoms with Crippen LogP contribution >= 0.6 is 0 Å². The number of nitrogens with zero attached hydrogens (tertiary/aromatic N) is 2. The van der Waals surface area contributed by atoms with Gasteiger partial charge >= 0.3 is 5.97 Å². The average molecular weight is 262 g/mol. The maximum atomic E-state index is 11.9. The zero-order chi connectivity index (χ0) is 13.2. The zero-order valence-electron chi connectivity index (χ0n) is 9.74. The molecule has 0 aliphatic carbocycles. The highest BCUT2D eigenvalue weighted by Gasteiger charge is 2.25. The molecule has 1 N–H and O–H groups in total. The van der Waals surface area contributed by atoms with Crippen molar-refractivity contribution >= 4 is 16.0 Å². The van der Waals surface area contributed by atoms with Gasteiger partial charge in [-0.05, 0) is 13.0 Å². The first-order valence-electron chi connectivity index (χ1n) is 4.81. The van der Waals surface area contributed by atoms with Crippen molar-refractivity contribution in [3.05, 3.63) is 18.0 Å². The quantitative estimate of drug-likeness (QED) is 0.775. The van der Waals surface area contributed by atoms with Gasteiger partial charge in [-0.2, -0.15) is 0 Å². The van der Waals surface area contributed by atoms with Gasteiger partial charge in [0.05, 0.1) is 7.11 Å². The lowest BCUT2D eigenvalue weighted by atomic mass is 10.4. The minimum Gasteiger partial charge on any atom is -0.477 e. The van der Waals surface area contributed by atoms with E-state index >= 15 is 0 Å². The fourth-order valence-corrected chi connectivity index (χ4v) is 2.33. The van der Waals surface area contributed by atoms with Crippen molar-refractivity contribution in [1.29, 1.82) is 0 Å². The standard InChI is InChI=1S/C9H14N2O5S/c1-4-11-6-7(5-8(11)9(12)13)17(14,15)10(2)16-3/h5-6H,4H2,1-3H3,(H,12,13). The molecular formula is C9H14N2O5S. The number of rotatable bonds is 5. The van der Waals surface area contributed by atoms with Crippen LogP contribution in [0, 0.1) is 0 Å². The van der Waals surface area contributed by atoms with Crippen molar-refractivity contribution < 1.29 is 23.2 Å². The van der Waals surface area contributed by atoms with Gasteiger partial charge in [0.2, 0.25) is 0 Å². The van der Waals surface area contributed by atoms with Crippen LogP contribution in [0.15, 0.2) is 17.2 Å². The number of hydroxylamine groups is 1. The van der Waals surface area contributed by atoms with Crippen LogP contribution in [0.25, 0.3) is 0 Å². The third kappa shape index (κ3) is 2.48. The van der Waals surface area contributed by atoms with E-state index in [1.165, 1.54) is 24.9 Å². The highest BCUT2D eigenvalue weighted by atomic mass is 32.2. The maximum absolute atomic E-state index is 11.9. The van der Waals surface area contributed by atoms with E-state index in [9.17, 15) is 13.2 Å². The number of aromatic nitrogens is 1. The topological polar surface area (TPSA) is 88.8 Å². The summed E-state index contributed by atoms with van der Waals surface area (Å²) in [5, 5.41) is 8.91. The molecule has 1 rings (SSSR count). The van der Waals surface area contributed by atoms with Crippen LogP contribution in [-0.4, -0.2) is 42.7 Å². The van der Waals surface area contributed by atoms with Crippen LogP contribution in [0.4, 0.5) is 0 Å². The number of aryl methyl sites for hydroxylation is 1. The Morgan fingerprint density at radius 2 is 2.18 bits per heavy atom. The van der Waals surface area contributed by atoms with Gasteiger partial charge in [0.15, 0.2) is 0 Å². The van der Waals surface area contributed by atoms with Crippen LogP contribution in [0.3, 0.4) is 0 Å². The molecule has 0 saturated carbocycles. The van der Waals surface area contributed by atoms with E-state index in [0.717, 1.165) is 6.07 Å². The number of carbonyl (C=O) groups is 1. The van der Waals surface area contributed by atoms with Crippen LogP contribution < -0.4 is 0 Å². The largest absolute Gasteiger partial charge is 0.477 e. The molecule has 0 aliphatic rings. The summed E-state index contributed by atoms with van der Waals surface area (Å²) in [6.07, 6.45) is 1.27. The first-order valence-corrected chi connectivity index (χ1v) is 6.25. The molecule has 7 nitrogen and oxygen atoms in total. The lowest BCUT2D eigenvalue weighted by Gasteiger charge is -2.12. The third-order valence-electron chi connectivity index (χ3n) is 2.32. The second-order valence-electron chi connectivity index (χ2n) is 3.25. The van der Waals surface area contributed by atoms with Gasteiger partial charge in [0, 0.05) is 19.8 Å². The Bertz CT molecular complexity index is 519. The minimum absolute atomic E-state index is 0.0735. The van der Waals surface area contributed by atoms with Crippen LogP contribution in [0.1, 0.15) is 17.4 Å². The lowest BCUT2D eigenvalue weighted by Crippen LogP contribution is -2.25. The molecule has 17 heavy (non-hydrogen) atoms. The molecule has 0 aromatic carbocycles. The minimum atomic E-state index is -3.81. The molecular weight excluding hydrogens is 248 g/mol. The van der Waals surface area contributed by atoms with Crippen molar-refractivity contribution in [2.75, 3.05) is 14.2 Å². The Morgan fingerprint density at radius 1 is 1.59 bits per heavy atom. The molecule has 0 fully saturated rings. The number of hydrogen-bond donors (Lipinski definition) is 1. The van der Waals surface area contributed by atoms with E-state index in [1.54, 1.807) is 6.92 Å². The second-order valence-corrected chi connectivity index (χ2v) is 5.19. The molecule has 1 aromatic heterocycles. The van der Waals surface area contributed by atoms with E-state index in [1.807, 2.05) is 0 Å². The number of carboxylic acid groups (broad SMARTS) is 1. The highest BCUT2D eigenvalue weighted by molar-refractivity contribution is 7.89. The third-order valence-corrected chi connectivity index (χ3v) is 3.97. The van der Waals surface area contributed by atoms with Gasteiger partial charge in [0.25, 0.3) is 10.0 Å². The molecule has 0 aliphatic heterocycles. The monoisotopic (exact) mass is 262 g/mol. The SMILES string of the molecule is CCn1cc(S(=O)(=O)N(C)OC)cc1C(=O)O. The molecule has 0 radical (unpaired) electrons. The predicted molar refractivity (Wildman–Crippen MR) is 59.0 cm³/mol. The highest BCUT2D eigenvalue weighted by Crippen LogP contribution is 2.18. The molecule has 8 heteroatoms. The van der Waals surface area contributed by atoms with Gasteiger partial charge in [-0.1, -0.05) is 4.47 Å². The van der Waals surface area contributed by atoms with Crippen molar-refractivity contribution in [3.8, 4) is 0 Å². The summed E-state index contributed by atoms with van der Waals surface area (Å²) in [6, 6.07) is 1.11. The Hall–Kier alpha value is -1.38. The maximum Gasteiger partial charge on any atom is 0.352 e. The predicted octanol–water partition coefficient (Wildman–Crippen LogP) is 0.388. The molecule has 0 saturated heterocycles. The number of hydrogen-bond acceptors (Lipinski definition) is 4. The Kier molecular flexibility index (Phi) is 3.91. The normalized spacial score (nSPS) is 12.0. The van der Waals surface area contributed by atoms with Crippen molar-refractivity contribution in [1.82, 2.24) is 9.04 Å². The summed E-state index contributed by atoms with van der Waals surface area (Å²) in [4.78, 5) is 15.4. The summed E-state index contributed by atoms with van der Waals surface area (Å²) in [5.74, 6) is -1.17. The molecule has 1 aromatic rings. The fraction of sp³-hybridized carbons (Fsp3) is 0.444. The summed E-state index contributed by atoms with van der Waals surface area (Å²) < 4.78 is 25.7. The van der Waals surface area contributed by atoms with Crippen molar-refractivity contribution in [2.45, 2.75) is 18.4 Å². The average Bonchev–Trinajstić information content (AvgIpc) is 2.72. The van der Waals surface area contributed by atoms with Crippen molar-refractivity contribution in [3.63, 3.8) is 0 Å². The lowest BCUT2D eigenvalue weighted by molar-refractivity contribution is -0.0258. The van der Waals surface area contributed by atoms with E-state index in [-0.39, 0.29) is 10.6 Å². The van der Waals surface area contributed by atoms with Gasteiger partial charge in [0.1, 0.15) is 10.6 Å². The summed E-state index contributed by atoms with van der Waals surface area (Å²) in [6.45, 7) is 2.09. The molecule has 0 bridgehead atoms. The first kappa shape index (κ1) is 13.7. The van der Waals surface area contributed by atoms with Gasteiger partial charge in [-0.3, -0.25) is 4.84 Å². The number of sulfonamides is 1. The summed E-state index contributed by atoms with van der Waals surface area (Å²) in [7, 11) is -1.36. The van der Waals surface area contributed by atoms with Gasteiger partial charge in [-0.25, -0.2) is 13.2 Å². The van der Waals surface area contributed by atoms with Crippen molar-refractivity contribution in [2.24, 2.45) is 0 Å². The Balaban J connectivity index is 3.30. The van der Waals surface area contributed by atoms with Gasteiger partial charge < -0.3 is 9.67 Å². The van der Waals surface area contributed by atoms with E-state index in [0.29, 0.717) is 11.0 Å². The fourth-order valence-electron chi connectivity index (χ4n) is 1.31. The molecule has 0 unspecified atom stereocenters. The number of carboxylic acids is 1. The second kappa shape index (κ2) is 4.86. The zero-order valence-corrected chi connectivity index (χ0v) is 10.6. The summed E-state index contributed by atoms with van der Waals surface area (Å²) in [5.41, 5.74) is -0.0735. The molecule has 0 atom stereocenters. The van der Waals surface area contributed by atoms with E-state index < -0.39 is 16.0 Å².